The van der Waals surface area contributed by atoms with E-state index in [4.69, 9.17) is 0 Å². The van der Waals surface area contributed by atoms with Gasteiger partial charge in [-0.05, 0) is 6.92 Å². The predicted molar refractivity (Wildman–Crippen MR) is 82.0 cm³/mol. The number of amides is 3. The lowest BCUT2D eigenvalue weighted by molar-refractivity contribution is -0.890. The van der Waals surface area contributed by atoms with E-state index in [2.05, 4.69) is 17.2 Å². The van der Waals surface area contributed by atoms with Crippen LogP contribution in [0.5, 0.6) is 0 Å². The van der Waals surface area contributed by atoms with Gasteiger partial charge in [0.05, 0.1) is 37.3 Å². The van der Waals surface area contributed by atoms with E-state index in [1.165, 1.54) is 6.92 Å². The van der Waals surface area contributed by atoms with Gasteiger partial charge in [-0.15, -0.1) is 0 Å². The molecule has 2 N–H and O–H groups in total. The third-order valence-corrected chi connectivity index (χ3v) is 3.79. The van der Waals surface area contributed by atoms with E-state index in [9.17, 15) is 22.6 Å². The average molecular weight is 335 g/mol. The Morgan fingerprint density at radius 3 is 2.23 bits per heavy atom. The average Bonchev–Trinajstić information content (AvgIpc) is 2.32. The molecular formula is C13H25N3O5S. The van der Waals surface area contributed by atoms with Gasteiger partial charge in [0.15, 0.2) is 0 Å². The first-order chi connectivity index (χ1) is 9.93. The Morgan fingerprint density at radius 1 is 1.18 bits per heavy atom. The maximum atomic E-state index is 11.4. The minimum absolute atomic E-state index is 0.251. The molecule has 9 heteroatoms. The monoisotopic (exact) mass is 335 g/mol. The lowest BCUT2D eigenvalue weighted by Gasteiger charge is -2.30. The van der Waals surface area contributed by atoms with Crippen molar-refractivity contribution < 1.29 is 27.0 Å². The smallest absolute Gasteiger partial charge is 0.321 e. The van der Waals surface area contributed by atoms with Crippen LogP contribution in [0.15, 0.2) is 12.2 Å². The third-order valence-electron chi connectivity index (χ3n) is 3.00. The molecule has 0 rings (SSSR count). The summed E-state index contributed by atoms with van der Waals surface area (Å²) < 4.78 is 32.2. The number of rotatable bonds is 9. The molecule has 0 saturated carbocycles. The van der Waals surface area contributed by atoms with Crippen LogP contribution in [0.2, 0.25) is 0 Å². The summed E-state index contributed by atoms with van der Waals surface area (Å²) in [6.07, 6.45) is 0.964. The molecule has 0 aromatic carbocycles. The number of hydrogen-bond acceptors (Lipinski definition) is 5. The first-order valence-electron chi connectivity index (χ1n) is 6.93. The van der Waals surface area contributed by atoms with Gasteiger partial charge in [-0.2, -0.15) is 0 Å². The Hall–Kier alpha value is -1.45. The van der Waals surface area contributed by atoms with E-state index in [0.29, 0.717) is 37.0 Å². The zero-order chi connectivity index (χ0) is 17.4. The molecule has 0 unspecified atom stereocenters. The predicted octanol–water partition coefficient (Wildman–Crippen LogP) is -0.210. The number of nitrogens with one attached hydrogen (secondary N) is 2. The quantitative estimate of drug-likeness (QED) is 0.262. The van der Waals surface area contributed by atoms with Crippen LogP contribution in [-0.2, 0) is 14.9 Å². The second-order valence-electron chi connectivity index (χ2n) is 5.84. The van der Waals surface area contributed by atoms with Crippen LogP contribution in [-0.4, -0.2) is 68.9 Å². The van der Waals surface area contributed by atoms with Gasteiger partial charge in [0.25, 0.3) is 5.91 Å². The molecule has 0 saturated heterocycles. The van der Waals surface area contributed by atoms with E-state index in [1.54, 1.807) is 0 Å². The molecule has 0 aliphatic carbocycles. The maximum absolute atomic E-state index is 11.4. The standard InChI is InChI=1S/C13H25N3O5S/c1-11(2)12(17)15-13(18)14-7-5-8-16(3,4)9-6-10-22(19,20)21/h1,5-10H2,2-4H3,(H2-,14,15,17,18,19,20,21). The first-order valence-corrected chi connectivity index (χ1v) is 8.51. The van der Waals surface area contributed by atoms with Crippen LogP contribution in [0.25, 0.3) is 0 Å². The zero-order valence-electron chi connectivity index (χ0n) is 13.3. The summed E-state index contributed by atoms with van der Waals surface area (Å²) in [6, 6.07) is -0.573. The van der Waals surface area contributed by atoms with Crippen LogP contribution in [0.3, 0.4) is 0 Å². The van der Waals surface area contributed by atoms with E-state index in [1.807, 2.05) is 14.1 Å². The lowest BCUT2D eigenvalue weighted by Crippen LogP contribution is -2.44. The van der Waals surface area contributed by atoms with Crippen molar-refractivity contribution in [2.45, 2.75) is 19.8 Å². The van der Waals surface area contributed by atoms with Crippen molar-refractivity contribution in [2.24, 2.45) is 0 Å². The summed E-state index contributed by atoms with van der Waals surface area (Å²) in [7, 11) is -0.328. The molecule has 22 heavy (non-hydrogen) atoms. The highest BCUT2D eigenvalue weighted by Crippen LogP contribution is 2.02. The topological polar surface area (TPSA) is 115 Å². The molecule has 0 bridgehead atoms. The number of quaternary nitrogens is 1. The molecule has 8 nitrogen and oxygen atoms in total. The van der Waals surface area contributed by atoms with Crippen LogP contribution in [0.1, 0.15) is 19.8 Å². The minimum Gasteiger partial charge on any atom is -0.748 e. The van der Waals surface area contributed by atoms with E-state index in [-0.39, 0.29) is 11.3 Å². The fourth-order valence-corrected chi connectivity index (χ4v) is 2.23. The van der Waals surface area contributed by atoms with Gasteiger partial charge in [-0.25, -0.2) is 13.2 Å². The summed E-state index contributed by atoms with van der Waals surface area (Å²) in [5, 5.41) is 4.69. The fourth-order valence-electron chi connectivity index (χ4n) is 1.74. The molecule has 0 radical (unpaired) electrons. The summed E-state index contributed by atoms with van der Waals surface area (Å²) >= 11 is 0. The van der Waals surface area contributed by atoms with Crippen molar-refractivity contribution in [3.63, 3.8) is 0 Å². The van der Waals surface area contributed by atoms with Crippen molar-refractivity contribution in [2.75, 3.05) is 39.5 Å². The Kier molecular flexibility index (Phi) is 8.28. The molecule has 0 aliphatic heterocycles. The molecule has 0 heterocycles. The van der Waals surface area contributed by atoms with Crippen LogP contribution in [0, 0.1) is 0 Å². The van der Waals surface area contributed by atoms with Crippen molar-refractivity contribution in [1.82, 2.24) is 10.6 Å². The molecule has 0 fully saturated rings. The molecule has 0 aromatic rings. The highest BCUT2D eigenvalue weighted by atomic mass is 32.2. The number of carbonyl (C=O) groups is 2. The van der Waals surface area contributed by atoms with Crippen LogP contribution in [0.4, 0.5) is 4.79 Å². The number of urea groups is 1. The molecule has 0 aliphatic rings. The van der Waals surface area contributed by atoms with Gasteiger partial charge in [0, 0.05) is 30.7 Å². The molecule has 128 valence electrons. The largest absolute Gasteiger partial charge is 0.748 e. The van der Waals surface area contributed by atoms with Crippen molar-refractivity contribution in [1.29, 1.82) is 0 Å². The summed E-state index contributed by atoms with van der Waals surface area (Å²) in [5.74, 6) is -0.884. The van der Waals surface area contributed by atoms with Gasteiger partial charge >= 0.3 is 6.03 Å². The minimum atomic E-state index is -4.17. The Bertz CT molecular complexity index is 514. The highest BCUT2D eigenvalue weighted by Gasteiger charge is 2.15. The van der Waals surface area contributed by atoms with Crippen LogP contribution >= 0.6 is 0 Å². The molecule has 0 spiro atoms. The summed E-state index contributed by atoms with van der Waals surface area (Å²) in [4.78, 5) is 22.6. The normalized spacial score (nSPS) is 11.8. The van der Waals surface area contributed by atoms with E-state index < -0.39 is 22.1 Å². The molecule has 0 atom stereocenters. The van der Waals surface area contributed by atoms with Crippen molar-refractivity contribution in [3.05, 3.63) is 12.2 Å². The number of hydrogen-bond donors (Lipinski definition) is 2. The Morgan fingerprint density at radius 2 is 1.73 bits per heavy atom. The summed E-state index contributed by atoms with van der Waals surface area (Å²) in [6.45, 7) is 6.57. The third kappa shape index (κ3) is 11.2. The zero-order valence-corrected chi connectivity index (χ0v) is 14.2. The van der Waals surface area contributed by atoms with Crippen molar-refractivity contribution >= 4 is 22.1 Å². The molecule has 3 amide bonds. The SMILES string of the molecule is C=C(C)C(=O)NC(=O)NCCC[N+](C)(C)CCCS(=O)(=O)[O-]. The number of carbonyl (C=O) groups excluding carboxylic acids is 2. The second kappa shape index (κ2) is 8.86. The fraction of sp³-hybridized carbons (Fsp3) is 0.692. The van der Waals surface area contributed by atoms with Gasteiger partial charge in [0.1, 0.15) is 0 Å². The molecule has 0 aromatic heterocycles. The maximum Gasteiger partial charge on any atom is 0.321 e. The van der Waals surface area contributed by atoms with Gasteiger partial charge in [-0.3, -0.25) is 10.1 Å². The Labute approximate surface area is 131 Å². The van der Waals surface area contributed by atoms with E-state index >= 15 is 0 Å². The van der Waals surface area contributed by atoms with Crippen LogP contribution < -0.4 is 10.6 Å². The lowest BCUT2D eigenvalue weighted by atomic mass is 10.3. The van der Waals surface area contributed by atoms with Gasteiger partial charge < -0.3 is 14.4 Å². The number of imide groups is 1. The molecular weight excluding hydrogens is 310 g/mol. The number of nitrogens with zero attached hydrogens (tertiary/aromatic N) is 1. The van der Waals surface area contributed by atoms with Crippen molar-refractivity contribution in [3.8, 4) is 0 Å². The second-order valence-corrected chi connectivity index (χ2v) is 7.37. The first kappa shape index (κ1) is 20.6. The van der Waals surface area contributed by atoms with E-state index in [0.717, 1.165) is 0 Å². The highest BCUT2D eigenvalue weighted by molar-refractivity contribution is 7.85. The Balaban J connectivity index is 3.91. The summed E-state index contributed by atoms with van der Waals surface area (Å²) in [5.41, 5.74) is 0.251. The van der Waals surface area contributed by atoms with Gasteiger partial charge in [0.2, 0.25) is 0 Å². The van der Waals surface area contributed by atoms with Gasteiger partial charge in [-0.1, -0.05) is 6.58 Å².